The molecule has 0 saturated heterocycles. The van der Waals surface area contributed by atoms with Crippen molar-refractivity contribution in [3.63, 3.8) is 0 Å². The van der Waals surface area contributed by atoms with Gasteiger partial charge >= 0.3 is 0 Å². The van der Waals surface area contributed by atoms with Gasteiger partial charge in [-0.3, -0.25) is 9.67 Å². The Morgan fingerprint density at radius 3 is 2.52 bits per heavy atom. The largest absolute Gasteiger partial charge is 0.350 e. The summed E-state index contributed by atoms with van der Waals surface area (Å²) in [7, 11) is -0.169. The summed E-state index contributed by atoms with van der Waals surface area (Å²) in [5.41, 5.74) is 4.44. The quantitative estimate of drug-likeness (QED) is 0.401. The zero-order valence-corrected chi connectivity index (χ0v) is 19.1. The molecule has 0 N–H and O–H groups in total. The van der Waals surface area contributed by atoms with E-state index in [0.29, 0.717) is 11.3 Å². The van der Waals surface area contributed by atoms with E-state index in [1.54, 1.807) is 53.7 Å². The van der Waals surface area contributed by atoms with Crippen LogP contribution in [0, 0.1) is 6.92 Å². The minimum atomic E-state index is -3.95. The maximum Gasteiger partial charge on any atom is 0.269 e. The lowest BCUT2D eigenvalue weighted by Crippen LogP contribution is -2.14. The van der Waals surface area contributed by atoms with E-state index in [2.05, 4.69) is 15.1 Å². The number of pyridine rings is 2. The van der Waals surface area contributed by atoms with Gasteiger partial charge in [-0.15, -0.1) is 0 Å². The van der Waals surface area contributed by atoms with Gasteiger partial charge < -0.3 is 4.57 Å². The van der Waals surface area contributed by atoms with Crippen molar-refractivity contribution in [2.24, 2.45) is 14.1 Å². The standard InChI is InChI=1S/C24H20N6O2S/c1-15-4-6-17(7-5-15)33(31,32)30-22(20-14-28(2)21-8-9-25-13-19(20)21)10-18-23-16(11-26-24(18)30)12-27-29(23)3/h4-14H,1-3H3. The molecular formula is C24H20N6O2S. The Bertz CT molecular complexity index is 1810. The van der Waals surface area contributed by atoms with Crippen LogP contribution in [0.2, 0.25) is 0 Å². The van der Waals surface area contributed by atoms with Crippen LogP contribution in [0.5, 0.6) is 0 Å². The van der Waals surface area contributed by atoms with Crippen molar-refractivity contribution in [3.8, 4) is 11.3 Å². The summed E-state index contributed by atoms with van der Waals surface area (Å²) >= 11 is 0. The molecule has 9 heteroatoms. The lowest BCUT2D eigenvalue weighted by Gasteiger charge is -2.11. The summed E-state index contributed by atoms with van der Waals surface area (Å²) in [6.07, 6.45) is 8.82. The highest BCUT2D eigenvalue weighted by atomic mass is 32.2. The van der Waals surface area contributed by atoms with E-state index >= 15 is 0 Å². The van der Waals surface area contributed by atoms with Gasteiger partial charge in [0, 0.05) is 60.6 Å². The molecule has 0 unspecified atom stereocenters. The van der Waals surface area contributed by atoms with E-state index in [9.17, 15) is 8.42 Å². The first-order valence-electron chi connectivity index (χ1n) is 10.4. The molecule has 0 amide bonds. The zero-order valence-electron chi connectivity index (χ0n) is 18.3. The van der Waals surface area contributed by atoms with Crippen molar-refractivity contribution < 1.29 is 8.42 Å². The van der Waals surface area contributed by atoms with Crippen molar-refractivity contribution in [1.82, 2.24) is 28.3 Å². The third kappa shape index (κ3) is 2.75. The first-order chi connectivity index (χ1) is 15.9. The molecule has 0 aliphatic heterocycles. The Hall–Kier alpha value is -3.98. The molecule has 0 bridgehead atoms. The number of nitrogens with zero attached hydrogens (tertiary/aromatic N) is 6. The number of aryl methyl sites for hydroxylation is 3. The monoisotopic (exact) mass is 456 g/mol. The molecule has 8 nitrogen and oxygen atoms in total. The number of fused-ring (bicyclic) bond motifs is 4. The SMILES string of the molecule is Cc1ccc(S(=O)(=O)n2c(-c3cn(C)c4ccncc34)cc3c4c(cnc32)cnn4C)cc1. The summed E-state index contributed by atoms with van der Waals surface area (Å²) in [6, 6.07) is 10.7. The van der Waals surface area contributed by atoms with Crippen molar-refractivity contribution in [2.45, 2.75) is 11.8 Å². The highest BCUT2D eigenvalue weighted by molar-refractivity contribution is 7.90. The van der Waals surface area contributed by atoms with Crippen LogP contribution in [0.3, 0.4) is 0 Å². The lowest BCUT2D eigenvalue weighted by molar-refractivity contribution is 0.589. The van der Waals surface area contributed by atoms with Crippen LogP contribution in [0.4, 0.5) is 0 Å². The molecule has 6 aromatic rings. The van der Waals surface area contributed by atoms with Gasteiger partial charge in [-0.2, -0.15) is 5.10 Å². The summed E-state index contributed by atoms with van der Waals surface area (Å²) in [4.78, 5) is 9.06. The van der Waals surface area contributed by atoms with Crippen molar-refractivity contribution in [3.05, 3.63) is 72.9 Å². The predicted molar refractivity (Wildman–Crippen MR) is 127 cm³/mol. The van der Waals surface area contributed by atoms with Crippen molar-refractivity contribution in [1.29, 1.82) is 0 Å². The molecule has 0 aliphatic rings. The second-order valence-electron chi connectivity index (χ2n) is 8.23. The smallest absolute Gasteiger partial charge is 0.269 e. The molecule has 0 aliphatic carbocycles. The fraction of sp³-hybridized carbons (Fsp3) is 0.125. The molecule has 33 heavy (non-hydrogen) atoms. The highest BCUT2D eigenvalue weighted by Crippen LogP contribution is 2.37. The first kappa shape index (κ1) is 19.7. The lowest BCUT2D eigenvalue weighted by atomic mass is 10.1. The number of rotatable bonds is 3. The number of benzene rings is 1. The Morgan fingerprint density at radius 1 is 0.939 bits per heavy atom. The average molecular weight is 457 g/mol. The van der Waals surface area contributed by atoms with Gasteiger partial charge in [-0.25, -0.2) is 17.4 Å². The summed E-state index contributed by atoms with van der Waals surface area (Å²) < 4.78 is 33.1. The summed E-state index contributed by atoms with van der Waals surface area (Å²) in [5.74, 6) is 0. The van der Waals surface area contributed by atoms with Gasteiger partial charge in [-0.1, -0.05) is 17.7 Å². The Kier molecular flexibility index (Phi) is 4.03. The van der Waals surface area contributed by atoms with Crippen LogP contribution in [-0.4, -0.2) is 36.7 Å². The van der Waals surface area contributed by atoms with Gasteiger partial charge in [0.2, 0.25) is 0 Å². The predicted octanol–water partition coefficient (Wildman–Crippen LogP) is 4.02. The number of hydrogen-bond acceptors (Lipinski definition) is 5. The molecule has 5 aromatic heterocycles. The average Bonchev–Trinajstić information content (AvgIpc) is 3.47. The summed E-state index contributed by atoms with van der Waals surface area (Å²) in [5, 5.41) is 6.78. The van der Waals surface area contributed by atoms with Gasteiger partial charge in [-0.05, 0) is 31.2 Å². The topological polar surface area (TPSA) is 87.6 Å². The van der Waals surface area contributed by atoms with Crippen LogP contribution >= 0.6 is 0 Å². The van der Waals surface area contributed by atoms with E-state index in [-0.39, 0.29) is 4.90 Å². The number of aromatic nitrogens is 6. The molecule has 0 radical (unpaired) electrons. The van der Waals surface area contributed by atoms with Crippen LogP contribution in [0.25, 0.3) is 44.1 Å². The molecule has 1 aromatic carbocycles. The van der Waals surface area contributed by atoms with Crippen LogP contribution < -0.4 is 0 Å². The van der Waals surface area contributed by atoms with Crippen molar-refractivity contribution in [2.75, 3.05) is 0 Å². The highest BCUT2D eigenvalue weighted by Gasteiger charge is 2.27. The molecule has 0 saturated carbocycles. The van der Waals surface area contributed by atoms with E-state index in [4.69, 9.17) is 0 Å². The van der Waals surface area contributed by atoms with Gasteiger partial charge in [0.05, 0.1) is 27.8 Å². The Labute approximate surface area is 189 Å². The van der Waals surface area contributed by atoms with Gasteiger partial charge in [0.15, 0.2) is 5.65 Å². The minimum Gasteiger partial charge on any atom is -0.350 e. The second-order valence-corrected chi connectivity index (χ2v) is 10.0. The second kappa shape index (κ2) is 6.76. The first-order valence-corrected chi connectivity index (χ1v) is 11.8. The fourth-order valence-electron chi connectivity index (χ4n) is 4.47. The number of hydrogen-bond donors (Lipinski definition) is 0. The zero-order chi connectivity index (χ0) is 22.9. The molecule has 164 valence electrons. The molecule has 6 rings (SSSR count). The molecule has 0 spiro atoms. The van der Waals surface area contributed by atoms with Crippen LogP contribution in [0.15, 0.2) is 72.3 Å². The van der Waals surface area contributed by atoms with Gasteiger partial charge in [0.25, 0.3) is 10.0 Å². The minimum absolute atomic E-state index is 0.206. The van der Waals surface area contributed by atoms with E-state index in [1.807, 2.05) is 43.9 Å². The Balaban J connectivity index is 1.78. The van der Waals surface area contributed by atoms with Crippen molar-refractivity contribution >= 4 is 42.9 Å². The summed E-state index contributed by atoms with van der Waals surface area (Å²) in [6.45, 7) is 1.93. The third-order valence-electron chi connectivity index (χ3n) is 6.11. The van der Waals surface area contributed by atoms with E-state index < -0.39 is 10.0 Å². The Morgan fingerprint density at radius 2 is 1.73 bits per heavy atom. The fourth-order valence-corrected chi connectivity index (χ4v) is 5.95. The normalized spacial score (nSPS) is 12.3. The third-order valence-corrected chi connectivity index (χ3v) is 7.83. The molecule has 5 heterocycles. The van der Waals surface area contributed by atoms with Gasteiger partial charge in [0.1, 0.15) is 0 Å². The van der Waals surface area contributed by atoms with E-state index in [1.165, 1.54) is 3.97 Å². The van der Waals surface area contributed by atoms with Crippen LogP contribution in [0.1, 0.15) is 5.56 Å². The maximum absolute atomic E-state index is 14.0. The maximum atomic E-state index is 14.0. The van der Waals surface area contributed by atoms with E-state index in [0.717, 1.165) is 38.3 Å². The molecular weight excluding hydrogens is 436 g/mol. The molecule has 0 atom stereocenters. The molecule has 0 fully saturated rings. The van der Waals surface area contributed by atoms with Crippen LogP contribution in [-0.2, 0) is 24.1 Å².